The Hall–Kier alpha value is -5.73. The molecule has 3 aromatic carbocycles. The highest BCUT2D eigenvalue weighted by Gasteiger charge is 2.07. The van der Waals surface area contributed by atoms with Crippen molar-refractivity contribution in [3.05, 3.63) is 92.3 Å². The van der Waals surface area contributed by atoms with Gasteiger partial charge in [-0.1, -0.05) is 0 Å². The summed E-state index contributed by atoms with van der Waals surface area (Å²) in [6.45, 7) is 0. The molecule has 0 saturated carbocycles. The maximum atomic E-state index is 11.5. The average molecular weight is 480 g/mol. The smallest absolute Gasteiger partial charge is 0.328 e. The van der Waals surface area contributed by atoms with Crippen LogP contribution < -0.4 is 22.8 Å². The van der Waals surface area contributed by atoms with Gasteiger partial charge in [-0.15, -0.1) is 0 Å². The molecule has 0 unspecified atom stereocenters. The molecule has 0 bridgehead atoms. The fourth-order valence-corrected chi connectivity index (χ4v) is 3.32. The van der Waals surface area contributed by atoms with Gasteiger partial charge in [0.1, 0.15) is 0 Å². The zero-order chi connectivity index (χ0) is 26.4. The average Bonchev–Trinajstić information content (AvgIpc) is 3.37. The predicted molar refractivity (Wildman–Crippen MR) is 136 cm³/mol. The van der Waals surface area contributed by atoms with Crippen molar-refractivity contribution in [1.82, 2.24) is 19.1 Å². The van der Waals surface area contributed by atoms with Crippen LogP contribution in [0.1, 0.15) is 16.7 Å². The summed E-state index contributed by atoms with van der Waals surface area (Å²) in [6.07, 6.45) is 0. The number of aryl methyl sites for hydroxylation is 2. The molecule has 36 heavy (non-hydrogen) atoms. The summed E-state index contributed by atoms with van der Waals surface area (Å²) in [7, 11) is 3.42. The fourth-order valence-electron chi connectivity index (χ4n) is 3.32. The predicted octanol–water partition coefficient (Wildman–Crippen LogP) is 2.20. The molecule has 0 amide bonds. The number of aromatic amines is 2. The summed E-state index contributed by atoms with van der Waals surface area (Å²) >= 11 is 0. The number of rotatable bonds is 0. The molecular formula is C25H21N9O2. The van der Waals surface area contributed by atoms with Crippen molar-refractivity contribution >= 4 is 33.4 Å². The molecule has 2 heterocycles. The minimum absolute atomic E-state index is 0.0740. The van der Waals surface area contributed by atoms with Crippen molar-refractivity contribution in [1.29, 1.82) is 15.8 Å². The van der Waals surface area contributed by atoms with Crippen LogP contribution in [0.2, 0.25) is 0 Å². The monoisotopic (exact) mass is 479 g/mol. The number of nitrogens with zero attached hydrogens (tertiary/aromatic N) is 5. The van der Waals surface area contributed by atoms with E-state index in [4.69, 9.17) is 27.3 Å². The highest BCUT2D eigenvalue weighted by molar-refractivity contribution is 5.77. The van der Waals surface area contributed by atoms with Crippen molar-refractivity contribution in [2.75, 3.05) is 11.5 Å². The molecule has 0 fully saturated rings. The number of nitriles is 3. The number of H-pyrrole nitrogens is 2. The van der Waals surface area contributed by atoms with Gasteiger partial charge in [0.25, 0.3) is 0 Å². The third-order valence-electron chi connectivity index (χ3n) is 5.26. The van der Waals surface area contributed by atoms with E-state index in [1.807, 2.05) is 12.1 Å². The Bertz CT molecular complexity index is 1820. The van der Waals surface area contributed by atoms with Crippen molar-refractivity contribution in [2.24, 2.45) is 14.1 Å². The Morgan fingerprint density at radius 2 is 1.19 bits per heavy atom. The van der Waals surface area contributed by atoms with Crippen LogP contribution in [0.4, 0.5) is 11.4 Å². The Balaban J connectivity index is 0.000000153. The van der Waals surface area contributed by atoms with Crippen molar-refractivity contribution < 1.29 is 0 Å². The SMILES string of the molecule is Cn1c(=O)n(C)c2cc(C#N)ccc21.N#Cc1ccc(N)c(N)c1.N#Cc1ccc2[nH]c(=O)[nH]c2c1. The van der Waals surface area contributed by atoms with E-state index in [1.54, 1.807) is 73.3 Å². The standard InChI is InChI=1S/C10H9N3O.C8H5N3O.C7H7N3/c1-12-8-4-3-7(6-11)5-9(8)13(2)10(12)14;9-4-5-1-2-6-7(3-5)11-8(12)10-6;8-4-5-1-2-6(9)7(10)3-5/h3-5H,1-2H3;1-3H,(H2,10,11,12);1-3H,9-10H2. The second kappa shape index (κ2) is 10.5. The number of aromatic nitrogens is 4. The summed E-state index contributed by atoms with van der Waals surface area (Å²) in [5.41, 5.74) is 16.1. The summed E-state index contributed by atoms with van der Waals surface area (Å²) in [6, 6.07) is 21.0. The largest absolute Gasteiger partial charge is 0.397 e. The second-order valence-electron chi connectivity index (χ2n) is 7.62. The van der Waals surface area contributed by atoms with E-state index in [1.165, 1.54) is 4.57 Å². The number of nitrogens with one attached hydrogen (secondary N) is 2. The molecule has 5 aromatic rings. The first-order chi connectivity index (χ1) is 17.2. The van der Waals surface area contributed by atoms with Crippen LogP contribution in [0.25, 0.3) is 22.1 Å². The molecule has 11 heteroatoms. The zero-order valence-corrected chi connectivity index (χ0v) is 19.4. The van der Waals surface area contributed by atoms with Crippen LogP contribution >= 0.6 is 0 Å². The molecule has 2 aromatic heterocycles. The van der Waals surface area contributed by atoms with Gasteiger partial charge in [-0.05, 0) is 54.6 Å². The number of imidazole rings is 2. The lowest BCUT2D eigenvalue weighted by molar-refractivity contribution is 0.795. The third kappa shape index (κ3) is 5.25. The Morgan fingerprint density at radius 1 is 0.667 bits per heavy atom. The number of hydrogen-bond donors (Lipinski definition) is 4. The van der Waals surface area contributed by atoms with Crippen LogP contribution in [-0.4, -0.2) is 19.1 Å². The minimum atomic E-state index is -0.250. The number of nitrogen functional groups attached to an aromatic ring is 2. The molecular weight excluding hydrogens is 458 g/mol. The van der Waals surface area contributed by atoms with Gasteiger partial charge in [-0.3, -0.25) is 9.13 Å². The number of nitrogens with two attached hydrogens (primary N) is 2. The van der Waals surface area contributed by atoms with Crippen LogP contribution in [0.15, 0.2) is 64.2 Å². The van der Waals surface area contributed by atoms with Crippen LogP contribution in [-0.2, 0) is 14.1 Å². The maximum Gasteiger partial charge on any atom is 0.328 e. The fraction of sp³-hybridized carbons (Fsp3) is 0.0800. The first-order valence-corrected chi connectivity index (χ1v) is 10.4. The topological polar surface area (TPSA) is 199 Å². The molecule has 178 valence electrons. The highest BCUT2D eigenvalue weighted by Crippen LogP contribution is 2.15. The molecule has 0 spiro atoms. The Kier molecular flexibility index (Phi) is 7.24. The molecule has 0 aliphatic heterocycles. The van der Waals surface area contributed by atoms with Crippen molar-refractivity contribution in [2.45, 2.75) is 0 Å². The van der Waals surface area contributed by atoms with Crippen LogP contribution in [0, 0.1) is 34.0 Å². The highest BCUT2D eigenvalue weighted by atomic mass is 16.1. The lowest BCUT2D eigenvalue weighted by atomic mass is 10.2. The summed E-state index contributed by atoms with van der Waals surface area (Å²) < 4.78 is 3.10. The van der Waals surface area contributed by atoms with Crippen LogP contribution in [0.5, 0.6) is 0 Å². The summed E-state index contributed by atoms with van der Waals surface area (Å²) in [5, 5.41) is 25.7. The van der Waals surface area contributed by atoms with Gasteiger partial charge in [-0.25, -0.2) is 9.59 Å². The molecule has 0 aliphatic rings. The van der Waals surface area contributed by atoms with E-state index >= 15 is 0 Å². The molecule has 0 atom stereocenters. The molecule has 6 N–H and O–H groups in total. The van der Waals surface area contributed by atoms with Gasteiger partial charge in [0.15, 0.2) is 0 Å². The third-order valence-corrected chi connectivity index (χ3v) is 5.26. The summed E-state index contributed by atoms with van der Waals surface area (Å²) in [4.78, 5) is 27.5. The van der Waals surface area contributed by atoms with E-state index < -0.39 is 0 Å². The first kappa shape index (κ1) is 24.9. The van der Waals surface area contributed by atoms with Gasteiger partial charge in [0, 0.05) is 14.1 Å². The molecule has 0 aliphatic carbocycles. The molecule has 0 saturated heterocycles. The second-order valence-corrected chi connectivity index (χ2v) is 7.62. The van der Waals surface area contributed by atoms with E-state index in [2.05, 4.69) is 16.0 Å². The molecule has 0 radical (unpaired) electrons. The van der Waals surface area contributed by atoms with Gasteiger partial charge < -0.3 is 21.4 Å². The normalized spacial score (nSPS) is 9.75. The Labute approximate surface area is 204 Å². The van der Waals surface area contributed by atoms with Gasteiger partial charge in [-0.2, -0.15) is 15.8 Å². The Morgan fingerprint density at radius 3 is 1.83 bits per heavy atom. The molecule has 5 rings (SSSR count). The lowest BCUT2D eigenvalue weighted by Gasteiger charge is -1.97. The van der Waals surface area contributed by atoms with Gasteiger partial charge in [0.2, 0.25) is 0 Å². The summed E-state index contributed by atoms with van der Waals surface area (Å²) in [5.74, 6) is 0. The minimum Gasteiger partial charge on any atom is -0.397 e. The first-order valence-electron chi connectivity index (χ1n) is 10.4. The number of anilines is 2. The van der Waals surface area contributed by atoms with Crippen molar-refractivity contribution in [3.8, 4) is 18.2 Å². The van der Waals surface area contributed by atoms with Gasteiger partial charge >= 0.3 is 11.4 Å². The maximum absolute atomic E-state index is 11.5. The molecule has 11 nitrogen and oxygen atoms in total. The van der Waals surface area contributed by atoms with E-state index in [0.29, 0.717) is 33.6 Å². The van der Waals surface area contributed by atoms with Crippen LogP contribution in [0.3, 0.4) is 0 Å². The number of benzene rings is 3. The van der Waals surface area contributed by atoms with Crippen molar-refractivity contribution in [3.63, 3.8) is 0 Å². The number of fused-ring (bicyclic) bond motifs is 2. The van der Waals surface area contributed by atoms with E-state index in [0.717, 1.165) is 16.6 Å². The van der Waals surface area contributed by atoms with E-state index in [9.17, 15) is 9.59 Å². The number of hydrogen-bond acceptors (Lipinski definition) is 7. The van der Waals surface area contributed by atoms with Gasteiger partial charge in [0.05, 0.1) is 68.3 Å². The van der Waals surface area contributed by atoms with E-state index in [-0.39, 0.29) is 11.4 Å². The quantitative estimate of drug-likeness (QED) is 0.244. The lowest BCUT2D eigenvalue weighted by Crippen LogP contribution is -2.19. The zero-order valence-electron chi connectivity index (χ0n) is 19.4.